The summed E-state index contributed by atoms with van der Waals surface area (Å²) in [7, 11) is -1.27. The van der Waals surface area contributed by atoms with Gasteiger partial charge in [0, 0.05) is 18.4 Å². The average molecular weight is 245 g/mol. The van der Waals surface area contributed by atoms with Crippen LogP contribution >= 0.6 is 0 Å². The largest absolute Gasteiger partial charge is 0.330 e. The second-order valence-corrected chi connectivity index (χ2v) is 10.6. The average Bonchev–Trinajstić information content (AvgIpc) is 2.28. The van der Waals surface area contributed by atoms with Gasteiger partial charge in [-0.25, -0.2) is 0 Å². The molecule has 0 saturated carbocycles. The van der Waals surface area contributed by atoms with Crippen molar-refractivity contribution in [2.75, 3.05) is 6.54 Å². The Balaban J connectivity index is 2.87. The summed E-state index contributed by atoms with van der Waals surface area (Å²) in [5.41, 5.74) is 10.6. The molecule has 2 heteroatoms. The zero-order valence-corrected chi connectivity index (χ0v) is 12.4. The summed E-state index contributed by atoms with van der Waals surface area (Å²) in [6, 6.07) is 10.4. The Morgan fingerprint density at radius 1 is 1.18 bits per heavy atom. The number of hydrogen-bond donors (Lipinski definition) is 1. The highest BCUT2D eigenvalue weighted by atomic mass is 28.3. The van der Waals surface area contributed by atoms with Crippen LogP contribution in [-0.4, -0.2) is 14.6 Å². The summed E-state index contributed by atoms with van der Waals surface area (Å²) < 4.78 is 0. The Hall–Kier alpha value is -1.04. The van der Waals surface area contributed by atoms with Crippen molar-refractivity contribution >= 4 is 8.07 Å². The Kier molecular flexibility index (Phi) is 4.56. The Morgan fingerprint density at radius 2 is 1.76 bits per heavy atom. The van der Waals surface area contributed by atoms with E-state index in [1.165, 1.54) is 5.56 Å². The molecule has 0 amide bonds. The third-order valence-corrected chi connectivity index (χ3v) is 3.79. The van der Waals surface area contributed by atoms with Gasteiger partial charge in [0.05, 0.1) is 0 Å². The molecule has 1 unspecified atom stereocenters. The lowest BCUT2D eigenvalue weighted by atomic mass is 9.80. The zero-order valence-electron chi connectivity index (χ0n) is 11.4. The van der Waals surface area contributed by atoms with Crippen molar-refractivity contribution in [2.24, 2.45) is 5.73 Å². The minimum atomic E-state index is -1.27. The van der Waals surface area contributed by atoms with Gasteiger partial charge in [0.25, 0.3) is 0 Å². The molecule has 0 aliphatic heterocycles. The van der Waals surface area contributed by atoms with Gasteiger partial charge in [-0.1, -0.05) is 56.9 Å². The minimum Gasteiger partial charge on any atom is -0.330 e. The highest BCUT2D eigenvalue weighted by Crippen LogP contribution is 2.25. The van der Waals surface area contributed by atoms with Crippen molar-refractivity contribution in [3.8, 4) is 11.5 Å². The molecule has 1 rings (SSSR count). The van der Waals surface area contributed by atoms with Crippen molar-refractivity contribution in [1.82, 2.24) is 0 Å². The van der Waals surface area contributed by atoms with Gasteiger partial charge < -0.3 is 5.73 Å². The maximum atomic E-state index is 5.93. The molecule has 0 aliphatic carbocycles. The highest BCUT2D eigenvalue weighted by Gasteiger charge is 2.23. The fourth-order valence-corrected chi connectivity index (χ4v) is 2.26. The van der Waals surface area contributed by atoms with Gasteiger partial charge in [-0.3, -0.25) is 0 Å². The molecule has 92 valence electrons. The van der Waals surface area contributed by atoms with Crippen molar-refractivity contribution in [1.29, 1.82) is 0 Å². The Morgan fingerprint density at radius 3 is 2.24 bits per heavy atom. The van der Waals surface area contributed by atoms with Crippen LogP contribution in [0.5, 0.6) is 0 Å². The van der Waals surface area contributed by atoms with Gasteiger partial charge in [0.15, 0.2) is 0 Å². The summed E-state index contributed by atoms with van der Waals surface area (Å²) >= 11 is 0. The minimum absolute atomic E-state index is 0.0199. The fourth-order valence-electron chi connectivity index (χ4n) is 1.64. The van der Waals surface area contributed by atoms with Crippen molar-refractivity contribution in [3.05, 3.63) is 35.9 Å². The smallest absolute Gasteiger partial charge is 0.129 e. The summed E-state index contributed by atoms with van der Waals surface area (Å²) in [5.74, 6) is 3.35. The molecule has 1 atom stereocenters. The lowest BCUT2D eigenvalue weighted by Crippen LogP contribution is -2.31. The normalized spacial score (nSPS) is 14.6. The van der Waals surface area contributed by atoms with Gasteiger partial charge in [-0.05, 0) is 5.56 Å². The molecule has 0 heterocycles. The van der Waals surface area contributed by atoms with Crippen LogP contribution in [0.25, 0.3) is 0 Å². The first kappa shape index (κ1) is 14.0. The van der Waals surface area contributed by atoms with Gasteiger partial charge in [-0.2, -0.15) is 0 Å². The van der Waals surface area contributed by atoms with Crippen LogP contribution in [0.4, 0.5) is 0 Å². The monoisotopic (exact) mass is 245 g/mol. The van der Waals surface area contributed by atoms with Crippen LogP contribution in [0.1, 0.15) is 18.9 Å². The van der Waals surface area contributed by atoms with Gasteiger partial charge in [0.2, 0.25) is 0 Å². The van der Waals surface area contributed by atoms with Crippen LogP contribution in [0.15, 0.2) is 30.3 Å². The van der Waals surface area contributed by atoms with Crippen molar-refractivity contribution < 1.29 is 0 Å². The van der Waals surface area contributed by atoms with E-state index in [1.807, 2.05) is 6.07 Å². The molecule has 1 nitrogen and oxygen atoms in total. The topological polar surface area (TPSA) is 26.0 Å². The van der Waals surface area contributed by atoms with E-state index in [9.17, 15) is 0 Å². The molecule has 0 aliphatic rings. The summed E-state index contributed by atoms with van der Waals surface area (Å²) in [6.07, 6.45) is 0.845. The third-order valence-electron chi connectivity index (χ3n) is 2.86. The van der Waals surface area contributed by atoms with Crippen LogP contribution in [0, 0.1) is 11.5 Å². The van der Waals surface area contributed by atoms with Gasteiger partial charge in [-0.15, -0.1) is 11.5 Å². The first-order chi connectivity index (χ1) is 7.87. The van der Waals surface area contributed by atoms with Gasteiger partial charge in [0.1, 0.15) is 8.07 Å². The van der Waals surface area contributed by atoms with Crippen molar-refractivity contribution in [3.63, 3.8) is 0 Å². The summed E-state index contributed by atoms with van der Waals surface area (Å²) in [4.78, 5) is 0. The number of nitrogens with two attached hydrogens (primary N) is 1. The van der Waals surface area contributed by atoms with E-state index in [1.54, 1.807) is 0 Å². The molecule has 0 saturated heterocycles. The van der Waals surface area contributed by atoms with Gasteiger partial charge >= 0.3 is 0 Å². The predicted molar refractivity (Wildman–Crippen MR) is 78.6 cm³/mol. The van der Waals surface area contributed by atoms with E-state index in [0.29, 0.717) is 6.54 Å². The lowest BCUT2D eigenvalue weighted by Gasteiger charge is -2.26. The Bertz CT molecular complexity index is 408. The number of benzene rings is 1. The molecular formula is C15H23NSi. The summed E-state index contributed by atoms with van der Waals surface area (Å²) in [6.45, 7) is 9.63. The molecule has 2 N–H and O–H groups in total. The quantitative estimate of drug-likeness (QED) is 0.642. The first-order valence-electron chi connectivity index (χ1n) is 6.13. The highest BCUT2D eigenvalue weighted by molar-refractivity contribution is 6.83. The van der Waals surface area contributed by atoms with E-state index in [2.05, 4.69) is 62.3 Å². The SMILES string of the molecule is CC(CN)(CC#C[Si](C)(C)C)c1ccccc1. The molecule has 0 spiro atoms. The van der Waals surface area contributed by atoms with Crippen LogP contribution in [0.3, 0.4) is 0 Å². The Labute approximate surface area is 106 Å². The molecule has 0 radical (unpaired) electrons. The van der Waals surface area contributed by atoms with Crippen molar-refractivity contribution in [2.45, 2.75) is 38.4 Å². The molecule has 1 aromatic rings. The fraction of sp³-hybridized carbons (Fsp3) is 0.467. The standard InChI is InChI=1S/C15H23NSi/c1-15(13-16,11-8-12-17(2,3)4)14-9-6-5-7-10-14/h5-7,9-10H,11,13,16H2,1-4H3. The predicted octanol–water partition coefficient (Wildman–Crippen LogP) is 3.17. The third kappa shape index (κ3) is 4.38. The van der Waals surface area contributed by atoms with E-state index in [0.717, 1.165) is 6.42 Å². The van der Waals surface area contributed by atoms with E-state index in [-0.39, 0.29) is 5.41 Å². The lowest BCUT2D eigenvalue weighted by molar-refractivity contribution is 0.498. The van der Waals surface area contributed by atoms with E-state index < -0.39 is 8.07 Å². The summed E-state index contributed by atoms with van der Waals surface area (Å²) in [5, 5.41) is 0. The molecule has 0 bridgehead atoms. The van der Waals surface area contributed by atoms with E-state index in [4.69, 9.17) is 5.73 Å². The zero-order chi connectivity index (χ0) is 12.9. The molecule has 17 heavy (non-hydrogen) atoms. The van der Waals surface area contributed by atoms with Crippen LogP contribution in [-0.2, 0) is 5.41 Å². The second-order valence-electron chi connectivity index (χ2n) is 5.86. The molecule has 1 aromatic carbocycles. The molecule has 0 fully saturated rings. The second kappa shape index (κ2) is 5.53. The first-order valence-corrected chi connectivity index (χ1v) is 9.63. The number of hydrogen-bond acceptors (Lipinski definition) is 1. The maximum Gasteiger partial charge on any atom is 0.129 e. The number of rotatable bonds is 3. The molecular weight excluding hydrogens is 222 g/mol. The molecule has 0 aromatic heterocycles. The maximum absolute atomic E-state index is 5.93. The van der Waals surface area contributed by atoms with E-state index >= 15 is 0 Å². The van der Waals surface area contributed by atoms with Crippen LogP contribution in [0.2, 0.25) is 19.6 Å². The van der Waals surface area contributed by atoms with Crippen LogP contribution < -0.4 is 5.73 Å².